The predicted octanol–water partition coefficient (Wildman–Crippen LogP) is 4.04. The molecule has 0 unspecified atom stereocenters. The summed E-state index contributed by atoms with van der Waals surface area (Å²) in [5.74, 6) is -0.183. The monoisotopic (exact) mass is 270 g/mol. The SMILES string of the molecule is Fc1cccc(CNc2ccccc2N2CCCC2)c1. The molecule has 1 fully saturated rings. The van der Waals surface area contributed by atoms with Crippen LogP contribution in [0.5, 0.6) is 0 Å². The van der Waals surface area contributed by atoms with Crippen LogP contribution < -0.4 is 10.2 Å². The van der Waals surface area contributed by atoms with Crippen molar-refractivity contribution in [1.29, 1.82) is 0 Å². The third-order valence-corrected chi connectivity index (χ3v) is 3.72. The molecule has 1 aliphatic rings. The molecule has 0 bridgehead atoms. The average Bonchev–Trinajstić information content (AvgIpc) is 3.00. The summed E-state index contributed by atoms with van der Waals surface area (Å²) >= 11 is 0. The Hall–Kier alpha value is -2.03. The highest BCUT2D eigenvalue weighted by Crippen LogP contribution is 2.28. The van der Waals surface area contributed by atoms with E-state index in [1.165, 1.54) is 24.6 Å². The Bertz CT molecular complexity index is 577. The molecule has 1 N–H and O–H groups in total. The number of nitrogens with one attached hydrogen (secondary N) is 1. The van der Waals surface area contributed by atoms with E-state index in [-0.39, 0.29) is 5.82 Å². The summed E-state index contributed by atoms with van der Waals surface area (Å²) in [4.78, 5) is 2.41. The molecule has 20 heavy (non-hydrogen) atoms. The highest BCUT2D eigenvalue weighted by molar-refractivity contribution is 5.70. The standard InChI is InChI=1S/C17H19FN2/c18-15-7-5-6-14(12-15)13-19-16-8-1-2-9-17(16)20-10-3-4-11-20/h1-2,5-9,12,19H,3-4,10-11,13H2. The Labute approximate surface area is 119 Å². The zero-order chi connectivity index (χ0) is 13.8. The lowest BCUT2D eigenvalue weighted by atomic mass is 10.2. The molecule has 0 spiro atoms. The van der Waals surface area contributed by atoms with Crippen molar-refractivity contribution in [2.24, 2.45) is 0 Å². The first kappa shape index (κ1) is 13.0. The third kappa shape index (κ3) is 2.93. The van der Waals surface area contributed by atoms with E-state index in [4.69, 9.17) is 0 Å². The summed E-state index contributed by atoms with van der Waals surface area (Å²) in [5.41, 5.74) is 3.33. The molecule has 1 aliphatic heterocycles. The number of anilines is 2. The molecule has 1 heterocycles. The van der Waals surface area contributed by atoms with Crippen LogP contribution >= 0.6 is 0 Å². The lowest BCUT2D eigenvalue weighted by molar-refractivity contribution is 0.626. The Balaban J connectivity index is 1.74. The van der Waals surface area contributed by atoms with Crippen molar-refractivity contribution in [3.63, 3.8) is 0 Å². The molecule has 104 valence electrons. The minimum absolute atomic E-state index is 0.183. The van der Waals surface area contributed by atoms with Crippen LogP contribution in [0.3, 0.4) is 0 Å². The maximum absolute atomic E-state index is 13.2. The number of para-hydroxylation sites is 2. The van der Waals surface area contributed by atoms with Crippen molar-refractivity contribution in [1.82, 2.24) is 0 Å². The number of hydrogen-bond donors (Lipinski definition) is 1. The van der Waals surface area contributed by atoms with Crippen LogP contribution in [0.15, 0.2) is 48.5 Å². The smallest absolute Gasteiger partial charge is 0.123 e. The maximum Gasteiger partial charge on any atom is 0.123 e. The van der Waals surface area contributed by atoms with Gasteiger partial charge in [-0.1, -0.05) is 24.3 Å². The van der Waals surface area contributed by atoms with E-state index < -0.39 is 0 Å². The van der Waals surface area contributed by atoms with E-state index in [2.05, 4.69) is 28.4 Å². The van der Waals surface area contributed by atoms with E-state index in [0.29, 0.717) is 6.54 Å². The molecular formula is C17H19FN2. The minimum Gasteiger partial charge on any atom is -0.379 e. The largest absolute Gasteiger partial charge is 0.379 e. The summed E-state index contributed by atoms with van der Waals surface area (Å²) in [6.07, 6.45) is 2.52. The second-order valence-corrected chi connectivity index (χ2v) is 5.19. The Morgan fingerprint density at radius 1 is 1.00 bits per heavy atom. The number of hydrogen-bond acceptors (Lipinski definition) is 2. The first-order valence-corrected chi connectivity index (χ1v) is 7.15. The first-order valence-electron chi connectivity index (χ1n) is 7.15. The van der Waals surface area contributed by atoms with Gasteiger partial charge in [-0.25, -0.2) is 4.39 Å². The summed E-state index contributed by atoms with van der Waals surface area (Å²) in [5, 5.41) is 3.43. The zero-order valence-electron chi connectivity index (χ0n) is 11.5. The van der Waals surface area contributed by atoms with Crippen LogP contribution in [-0.2, 0) is 6.54 Å². The van der Waals surface area contributed by atoms with Gasteiger partial charge in [-0.15, -0.1) is 0 Å². The van der Waals surface area contributed by atoms with Crippen LogP contribution in [-0.4, -0.2) is 13.1 Å². The van der Waals surface area contributed by atoms with Gasteiger partial charge in [-0.05, 0) is 42.7 Å². The quantitative estimate of drug-likeness (QED) is 0.902. The second-order valence-electron chi connectivity index (χ2n) is 5.19. The van der Waals surface area contributed by atoms with Crippen molar-refractivity contribution in [2.45, 2.75) is 19.4 Å². The summed E-state index contributed by atoms with van der Waals surface area (Å²) in [7, 11) is 0. The molecule has 2 aromatic rings. The average molecular weight is 270 g/mol. The molecule has 1 saturated heterocycles. The molecular weight excluding hydrogens is 251 g/mol. The molecule has 0 aliphatic carbocycles. The topological polar surface area (TPSA) is 15.3 Å². The molecule has 3 rings (SSSR count). The van der Waals surface area contributed by atoms with Gasteiger partial charge in [-0.2, -0.15) is 0 Å². The Kier molecular flexibility index (Phi) is 3.86. The van der Waals surface area contributed by atoms with Crippen molar-refractivity contribution < 1.29 is 4.39 Å². The molecule has 0 aromatic heterocycles. The molecule has 0 saturated carbocycles. The fourth-order valence-corrected chi connectivity index (χ4v) is 2.70. The van der Waals surface area contributed by atoms with Crippen molar-refractivity contribution in [3.05, 3.63) is 59.9 Å². The van der Waals surface area contributed by atoms with Gasteiger partial charge in [0.2, 0.25) is 0 Å². The highest BCUT2D eigenvalue weighted by Gasteiger charge is 2.14. The van der Waals surface area contributed by atoms with Gasteiger partial charge in [0.05, 0.1) is 11.4 Å². The van der Waals surface area contributed by atoms with Crippen molar-refractivity contribution in [2.75, 3.05) is 23.3 Å². The van der Waals surface area contributed by atoms with Gasteiger partial charge in [0.15, 0.2) is 0 Å². The van der Waals surface area contributed by atoms with Crippen LogP contribution in [0, 0.1) is 5.82 Å². The van der Waals surface area contributed by atoms with Gasteiger partial charge in [0.25, 0.3) is 0 Å². The molecule has 2 nitrogen and oxygen atoms in total. The number of nitrogens with zero attached hydrogens (tertiary/aromatic N) is 1. The van der Waals surface area contributed by atoms with Crippen molar-refractivity contribution in [3.8, 4) is 0 Å². The second kappa shape index (κ2) is 5.95. The van der Waals surface area contributed by atoms with E-state index >= 15 is 0 Å². The van der Waals surface area contributed by atoms with Crippen LogP contribution in [0.2, 0.25) is 0 Å². The molecule has 3 heteroatoms. The fourth-order valence-electron chi connectivity index (χ4n) is 2.70. The van der Waals surface area contributed by atoms with Gasteiger partial charge < -0.3 is 10.2 Å². The summed E-state index contributed by atoms with van der Waals surface area (Å²) in [6.45, 7) is 2.89. The van der Waals surface area contributed by atoms with E-state index in [9.17, 15) is 4.39 Å². The van der Waals surface area contributed by atoms with E-state index in [1.807, 2.05) is 12.1 Å². The normalized spacial score (nSPS) is 14.6. The van der Waals surface area contributed by atoms with Crippen LogP contribution in [0.1, 0.15) is 18.4 Å². The fraction of sp³-hybridized carbons (Fsp3) is 0.294. The number of rotatable bonds is 4. The lowest BCUT2D eigenvalue weighted by Gasteiger charge is -2.22. The first-order chi connectivity index (χ1) is 9.83. The third-order valence-electron chi connectivity index (χ3n) is 3.72. The van der Waals surface area contributed by atoms with Gasteiger partial charge in [0, 0.05) is 19.6 Å². The van der Waals surface area contributed by atoms with E-state index in [0.717, 1.165) is 24.3 Å². The van der Waals surface area contributed by atoms with Gasteiger partial charge >= 0.3 is 0 Å². The summed E-state index contributed by atoms with van der Waals surface area (Å²) in [6, 6.07) is 15.1. The van der Waals surface area contributed by atoms with E-state index in [1.54, 1.807) is 12.1 Å². The van der Waals surface area contributed by atoms with Crippen LogP contribution in [0.25, 0.3) is 0 Å². The summed E-state index contributed by atoms with van der Waals surface area (Å²) < 4.78 is 13.2. The molecule has 0 radical (unpaired) electrons. The molecule has 0 amide bonds. The zero-order valence-corrected chi connectivity index (χ0v) is 11.5. The van der Waals surface area contributed by atoms with Gasteiger partial charge in [0.1, 0.15) is 5.82 Å². The maximum atomic E-state index is 13.2. The predicted molar refractivity (Wildman–Crippen MR) is 81.6 cm³/mol. The minimum atomic E-state index is -0.183. The Morgan fingerprint density at radius 2 is 1.80 bits per heavy atom. The number of halogens is 1. The molecule has 0 atom stereocenters. The van der Waals surface area contributed by atoms with Crippen molar-refractivity contribution >= 4 is 11.4 Å². The highest BCUT2D eigenvalue weighted by atomic mass is 19.1. The molecule has 2 aromatic carbocycles. The number of benzene rings is 2. The van der Waals surface area contributed by atoms with Crippen LogP contribution in [0.4, 0.5) is 15.8 Å². The lowest BCUT2D eigenvalue weighted by Crippen LogP contribution is -2.19. The van der Waals surface area contributed by atoms with Gasteiger partial charge in [-0.3, -0.25) is 0 Å². The Morgan fingerprint density at radius 3 is 2.60 bits per heavy atom.